The first-order valence-corrected chi connectivity index (χ1v) is 16.9. The van der Waals surface area contributed by atoms with Gasteiger partial charge in [-0.15, -0.1) is 0 Å². The molecule has 0 saturated heterocycles. The fourth-order valence-corrected chi connectivity index (χ4v) is 8.31. The van der Waals surface area contributed by atoms with E-state index in [-0.39, 0.29) is 11.5 Å². The van der Waals surface area contributed by atoms with Crippen LogP contribution < -0.4 is 9.80 Å². The first-order chi connectivity index (χ1) is 24.5. The predicted octanol–water partition coefficient (Wildman–Crippen LogP) is 12.0. The van der Waals surface area contributed by atoms with Crippen molar-refractivity contribution in [2.45, 2.75) is 25.3 Å². The third kappa shape index (κ3) is 4.36. The molecule has 0 spiro atoms. The zero-order chi connectivity index (χ0) is 34.0. The van der Waals surface area contributed by atoms with Crippen molar-refractivity contribution in [3.05, 3.63) is 174 Å². The van der Waals surface area contributed by atoms with E-state index in [0.717, 1.165) is 28.1 Å². The molecule has 4 nitrogen and oxygen atoms in total. The second-order valence-corrected chi connectivity index (χ2v) is 13.7. The van der Waals surface area contributed by atoms with Crippen molar-refractivity contribution in [2.24, 2.45) is 0 Å². The molecule has 9 rings (SSSR count). The molecule has 0 bridgehead atoms. The summed E-state index contributed by atoms with van der Waals surface area (Å²) in [5.41, 5.74) is 8.95. The van der Waals surface area contributed by atoms with Crippen LogP contribution in [0.15, 0.2) is 152 Å². The van der Waals surface area contributed by atoms with E-state index in [0.29, 0.717) is 11.1 Å². The Balaban J connectivity index is 1.31. The summed E-state index contributed by atoms with van der Waals surface area (Å²) in [5.74, 6) is 0. The van der Waals surface area contributed by atoms with E-state index in [1.807, 2.05) is 36.4 Å². The Kier molecular flexibility index (Phi) is 6.63. The lowest BCUT2D eigenvalue weighted by Crippen LogP contribution is -2.31. The number of benzene rings is 8. The molecule has 1 aliphatic rings. The molecule has 1 atom stereocenters. The Hall–Kier alpha value is -6.62. The highest BCUT2D eigenvalue weighted by Crippen LogP contribution is 2.57. The maximum absolute atomic E-state index is 9.78. The summed E-state index contributed by atoms with van der Waals surface area (Å²) in [7, 11) is 0. The van der Waals surface area contributed by atoms with Gasteiger partial charge in [-0.1, -0.05) is 105 Å². The average Bonchev–Trinajstić information content (AvgIpc) is 3.41. The number of anilines is 5. The molecule has 0 amide bonds. The molecular formula is C46H32N4. The predicted molar refractivity (Wildman–Crippen MR) is 205 cm³/mol. The first-order valence-electron chi connectivity index (χ1n) is 16.9. The highest BCUT2D eigenvalue weighted by Gasteiger charge is 2.46. The molecule has 8 aromatic carbocycles. The minimum absolute atomic E-state index is 0.0164. The van der Waals surface area contributed by atoms with Gasteiger partial charge >= 0.3 is 0 Å². The molecule has 0 saturated carbocycles. The molecule has 4 heteroatoms. The lowest BCUT2D eigenvalue weighted by atomic mass is 9.77. The highest BCUT2D eigenvalue weighted by molar-refractivity contribution is 6.28. The summed E-state index contributed by atoms with van der Waals surface area (Å²) in [6.45, 7) is 4.66. The van der Waals surface area contributed by atoms with Crippen LogP contribution >= 0.6 is 0 Å². The minimum Gasteiger partial charge on any atom is -0.332 e. The molecule has 0 aliphatic carbocycles. The van der Waals surface area contributed by atoms with E-state index >= 15 is 0 Å². The standard InChI is InChI=1S/C46H32N4/c1-46(2)39-13-6-7-14-42(39)50(45(46)34-17-15-30(28-47)16-18-34)41-26-22-33-19-23-37-40(25-21-32-20-24-38(41)44(33)43(32)37)49(35-10-4-3-5-11-35)36-12-8-9-31(27-36)29-48/h3-27,45H,1-2H3. The number of hydrogen-bond donors (Lipinski definition) is 0. The van der Waals surface area contributed by atoms with Gasteiger partial charge in [-0.2, -0.15) is 10.5 Å². The van der Waals surface area contributed by atoms with E-state index in [4.69, 9.17) is 0 Å². The van der Waals surface area contributed by atoms with Crippen molar-refractivity contribution >= 4 is 60.8 Å². The van der Waals surface area contributed by atoms with Crippen molar-refractivity contribution in [3.63, 3.8) is 0 Å². The van der Waals surface area contributed by atoms with Crippen LogP contribution in [0.25, 0.3) is 32.3 Å². The number of fused-ring (bicyclic) bond motifs is 1. The summed E-state index contributed by atoms with van der Waals surface area (Å²) >= 11 is 0. The van der Waals surface area contributed by atoms with Gasteiger partial charge in [0.2, 0.25) is 0 Å². The number of nitriles is 2. The van der Waals surface area contributed by atoms with Gasteiger partial charge in [0.05, 0.1) is 35.0 Å². The van der Waals surface area contributed by atoms with Gasteiger partial charge in [0.1, 0.15) is 0 Å². The van der Waals surface area contributed by atoms with Gasteiger partial charge in [0.15, 0.2) is 0 Å². The average molecular weight is 641 g/mol. The van der Waals surface area contributed by atoms with Gasteiger partial charge < -0.3 is 9.80 Å². The molecule has 1 aliphatic heterocycles. The summed E-state index contributed by atoms with van der Waals surface area (Å²) in [6, 6.07) is 57.7. The van der Waals surface area contributed by atoms with Crippen LogP contribution in [-0.2, 0) is 5.41 Å². The van der Waals surface area contributed by atoms with Gasteiger partial charge in [0, 0.05) is 38.9 Å². The maximum atomic E-state index is 9.78. The Morgan fingerprint density at radius 3 is 1.96 bits per heavy atom. The van der Waals surface area contributed by atoms with Crippen LogP contribution in [0.2, 0.25) is 0 Å². The number of hydrogen-bond acceptors (Lipinski definition) is 4. The van der Waals surface area contributed by atoms with Gasteiger partial charge in [-0.25, -0.2) is 0 Å². The molecule has 50 heavy (non-hydrogen) atoms. The van der Waals surface area contributed by atoms with Crippen LogP contribution in [0.1, 0.15) is 42.1 Å². The fourth-order valence-electron chi connectivity index (χ4n) is 8.31. The normalized spacial score (nSPS) is 14.9. The molecule has 0 fully saturated rings. The zero-order valence-corrected chi connectivity index (χ0v) is 27.8. The van der Waals surface area contributed by atoms with Crippen LogP contribution in [0.3, 0.4) is 0 Å². The molecule has 0 N–H and O–H groups in total. The van der Waals surface area contributed by atoms with Crippen molar-refractivity contribution in [1.29, 1.82) is 10.5 Å². The second kappa shape index (κ2) is 11.2. The number of nitrogens with zero attached hydrogens (tertiary/aromatic N) is 4. The summed E-state index contributed by atoms with van der Waals surface area (Å²) in [6.07, 6.45) is 0. The quantitative estimate of drug-likeness (QED) is 0.176. The minimum atomic E-state index is -0.198. The van der Waals surface area contributed by atoms with Crippen molar-refractivity contribution in [1.82, 2.24) is 0 Å². The van der Waals surface area contributed by atoms with Gasteiger partial charge in [0.25, 0.3) is 0 Å². The first kappa shape index (κ1) is 29.5. The topological polar surface area (TPSA) is 54.1 Å². The molecule has 1 heterocycles. The lowest BCUT2D eigenvalue weighted by Gasteiger charge is -2.36. The third-order valence-electron chi connectivity index (χ3n) is 10.5. The summed E-state index contributed by atoms with van der Waals surface area (Å²) in [4.78, 5) is 4.78. The fraction of sp³-hybridized carbons (Fsp3) is 0.0870. The van der Waals surface area contributed by atoms with Crippen LogP contribution in [0, 0.1) is 22.7 Å². The molecule has 0 radical (unpaired) electrons. The third-order valence-corrected chi connectivity index (χ3v) is 10.5. The number of para-hydroxylation sites is 2. The second-order valence-electron chi connectivity index (χ2n) is 13.7. The monoisotopic (exact) mass is 640 g/mol. The largest absolute Gasteiger partial charge is 0.332 e. The van der Waals surface area contributed by atoms with E-state index < -0.39 is 0 Å². The van der Waals surface area contributed by atoms with E-state index in [1.165, 1.54) is 43.7 Å². The Bertz CT molecular complexity index is 2660. The van der Waals surface area contributed by atoms with Crippen molar-refractivity contribution in [2.75, 3.05) is 9.80 Å². The Labute approximate surface area is 291 Å². The lowest BCUT2D eigenvalue weighted by molar-refractivity contribution is 0.449. The van der Waals surface area contributed by atoms with Gasteiger partial charge in [-0.3, -0.25) is 0 Å². The van der Waals surface area contributed by atoms with Crippen LogP contribution in [-0.4, -0.2) is 0 Å². The summed E-state index contributed by atoms with van der Waals surface area (Å²) < 4.78 is 0. The Morgan fingerprint density at radius 2 is 1.20 bits per heavy atom. The maximum Gasteiger partial charge on any atom is 0.0992 e. The summed E-state index contributed by atoms with van der Waals surface area (Å²) in [5, 5.41) is 26.5. The van der Waals surface area contributed by atoms with E-state index in [1.54, 1.807) is 0 Å². The molecule has 8 aromatic rings. The highest BCUT2D eigenvalue weighted by atomic mass is 15.2. The molecule has 1 unspecified atom stereocenters. The van der Waals surface area contributed by atoms with Gasteiger partial charge in [-0.05, 0) is 93.3 Å². The van der Waals surface area contributed by atoms with Crippen LogP contribution in [0.5, 0.6) is 0 Å². The van der Waals surface area contributed by atoms with Crippen molar-refractivity contribution < 1.29 is 0 Å². The SMILES string of the molecule is CC1(C)c2ccccc2N(c2ccc3ccc4c(N(c5ccccc5)c5cccc(C#N)c5)ccc5ccc2c3c54)C1c1ccc(C#N)cc1. The Morgan fingerprint density at radius 1 is 0.560 bits per heavy atom. The zero-order valence-electron chi connectivity index (χ0n) is 27.8. The molecular weight excluding hydrogens is 609 g/mol. The van der Waals surface area contributed by atoms with E-state index in [2.05, 4.69) is 151 Å². The molecule has 236 valence electrons. The smallest absolute Gasteiger partial charge is 0.0992 e. The van der Waals surface area contributed by atoms with E-state index in [9.17, 15) is 10.5 Å². The molecule has 0 aromatic heterocycles. The van der Waals surface area contributed by atoms with Crippen molar-refractivity contribution in [3.8, 4) is 12.1 Å². The number of rotatable bonds is 5. The van der Waals surface area contributed by atoms with Crippen LogP contribution in [0.4, 0.5) is 28.4 Å².